The van der Waals surface area contributed by atoms with Crippen LogP contribution in [0.25, 0.3) is 0 Å². The summed E-state index contributed by atoms with van der Waals surface area (Å²) in [5.74, 6) is 1.94. The maximum Gasteiger partial charge on any atom is 2.00 e. The zero-order chi connectivity index (χ0) is 26.8. The van der Waals surface area contributed by atoms with Crippen LogP contribution in [0, 0.1) is 0 Å². The van der Waals surface area contributed by atoms with E-state index in [9.17, 15) is 0 Å². The van der Waals surface area contributed by atoms with E-state index < -0.39 is 0 Å². The van der Waals surface area contributed by atoms with Gasteiger partial charge in [-0.3, -0.25) is 9.98 Å². The Kier molecular flexibility index (Phi) is 16.3. The second kappa shape index (κ2) is 17.4. The fraction of sp³-hybridized carbons (Fsp3) is 0.424. The molecule has 0 fully saturated rings. The van der Waals surface area contributed by atoms with Gasteiger partial charge in [0.2, 0.25) is 0 Å². The van der Waals surface area contributed by atoms with Gasteiger partial charge in [-0.1, -0.05) is 104 Å². The molecule has 0 amide bonds. The SMILES string of the molecule is CC(=Nc1c(C(C)C)cccc1C(C)C)c1cccnc1.C[C-]=Nc1c(C(C)C)cccc1C(C)C.[Cl-].[Fe+2]. The number of pyridine rings is 1. The van der Waals surface area contributed by atoms with E-state index in [1.165, 1.54) is 22.3 Å². The van der Waals surface area contributed by atoms with E-state index in [0.29, 0.717) is 23.7 Å². The number of rotatable bonds is 7. The summed E-state index contributed by atoms with van der Waals surface area (Å²) in [4.78, 5) is 13.5. The molecule has 0 aliphatic carbocycles. The Bertz CT molecular complexity index is 1110. The number of para-hydroxylation sites is 2. The van der Waals surface area contributed by atoms with E-state index in [2.05, 4.69) is 121 Å². The van der Waals surface area contributed by atoms with Crippen molar-refractivity contribution in [1.29, 1.82) is 0 Å². The number of hydrogen-bond acceptors (Lipinski definition) is 3. The Labute approximate surface area is 248 Å². The molecule has 1 heterocycles. The molecule has 0 bridgehead atoms. The number of halogens is 1. The number of hydrogen-bond donors (Lipinski definition) is 0. The third kappa shape index (κ3) is 9.80. The van der Waals surface area contributed by atoms with Gasteiger partial charge in [-0.2, -0.15) is 6.21 Å². The van der Waals surface area contributed by atoms with Crippen LogP contribution in [0.2, 0.25) is 0 Å². The first-order chi connectivity index (χ1) is 17.1. The monoisotopic (exact) mass is 573 g/mol. The molecular formula is C33H44ClFeN3. The number of aromatic nitrogens is 1. The molecule has 0 saturated heterocycles. The molecular weight excluding hydrogens is 530 g/mol. The molecule has 5 heteroatoms. The molecule has 0 unspecified atom stereocenters. The summed E-state index contributed by atoms with van der Waals surface area (Å²) in [7, 11) is 0. The second-order valence-corrected chi connectivity index (χ2v) is 10.5. The number of benzene rings is 2. The first-order valence-corrected chi connectivity index (χ1v) is 13.2. The maximum absolute atomic E-state index is 4.95. The van der Waals surface area contributed by atoms with Crippen molar-refractivity contribution in [2.45, 2.75) is 92.9 Å². The van der Waals surface area contributed by atoms with Crippen LogP contribution in [0.15, 0.2) is 70.9 Å². The third-order valence-corrected chi connectivity index (χ3v) is 6.27. The molecule has 3 nitrogen and oxygen atoms in total. The van der Waals surface area contributed by atoms with Gasteiger partial charge in [-0.25, -0.2) is 0 Å². The van der Waals surface area contributed by atoms with Crippen LogP contribution in [0.1, 0.15) is 121 Å². The van der Waals surface area contributed by atoms with Crippen molar-refractivity contribution < 1.29 is 29.5 Å². The standard InChI is InChI=1S/C19H24N2.C14H20N.ClH.Fe/c1-13(2)17-9-6-10-18(14(3)4)19(17)21-15(5)16-8-7-11-20-12-16;1-6-15-14-12(10(2)3)8-7-9-13(14)11(4)5;;/h6-14H,1-5H3;7-11H,1-5H3;1H;/q;-1;;+2/p-1. The normalized spacial score (nSPS) is 11.5. The molecule has 0 atom stereocenters. The molecule has 0 radical (unpaired) electrons. The van der Waals surface area contributed by atoms with Gasteiger partial charge >= 0.3 is 17.1 Å². The summed E-state index contributed by atoms with van der Waals surface area (Å²) in [6.45, 7) is 21.6. The molecule has 0 spiro atoms. The molecule has 0 N–H and O–H groups in total. The zero-order valence-corrected chi connectivity index (χ0v) is 26.5. The Hall–Kier alpha value is -2.26. The van der Waals surface area contributed by atoms with Crippen molar-refractivity contribution >= 4 is 23.3 Å². The molecule has 3 aromatic rings. The minimum atomic E-state index is 0. The van der Waals surface area contributed by atoms with Crippen LogP contribution in [-0.2, 0) is 17.1 Å². The summed E-state index contributed by atoms with van der Waals surface area (Å²) in [6, 6.07) is 17.0. The smallest absolute Gasteiger partial charge is 1.00 e. The first-order valence-electron chi connectivity index (χ1n) is 13.2. The van der Waals surface area contributed by atoms with Crippen molar-refractivity contribution in [3.63, 3.8) is 0 Å². The largest absolute Gasteiger partial charge is 2.00 e. The molecule has 0 saturated carbocycles. The van der Waals surface area contributed by atoms with Gasteiger partial charge in [0.1, 0.15) is 0 Å². The maximum atomic E-state index is 4.95. The summed E-state index contributed by atoms with van der Waals surface area (Å²) in [5.41, 5.74) is 9.58. The minimum Gasteiger partial charge on any atom is -1.00 e. The van der Waals surface area contributed by atoms with Gasteiger partial charge in [0.05, 0.1) is 5.69 Å². The van der Waals surface area contributed by atoms with Crippen LogP contribution in [-0.4, -0.2) is 16.9 Å². The number of aliphatic imine (C=N–C) groups is 2. The Balaban J connectivity index is 0.000000720. The third-order valence-electron chi connectivity index (χ3n) is 6.27. The molecule has 2 aromatic carbocycles. The number of nitrogens with zero attached hydrogens (tertiary/aromatic N) is 3. The average molecular weight is 574 g/mol. The van der Waals surface area contributed by atoms with E-state index in [-0.39, 0.29) is 29.5 Å². The predicted molar refractivity (Wildman–Crippen MR) is 158 cm³/mol. The van der Waals surface area contributed by atoms with Crippen molar-refractivity contribution in [2.75, 3.05) is 0 Å². The van der Waals surface area contributed by atoms with Crippen molar-refractivity contribution in [2.24, 2.45) is 9.98 Å². The first kappa shape index (κ1) is 35.7. The van der Waals surface area contributed by atoms with Crippen LogP contribution < -0.4 is 12.4 Å². The Morgan fingerprint density at radius 1 is 0.684 bits per heavy atom. The quantitative estimate of drug-likeness (QED) is 0.170. The van der Waals surface area contributed by atoms with Crippen LogP contribution in [0.4, 0.5) is 11.4 Å². The fourth-order valence-electron chi connectivity index (χ4n) is 4.20. The van der Waals surface area contributed by atoms with E-state index >= 15 is 0 Å². The predicted octanol–water partition coefficient (Wildman–Crippen LogP) is 7.00. The minimum absolute atomic E-state index is 0. The zero-order valence-electron chi connectivity index (χ0n) is 24.7. The fourth-order valence-corrected chi connectivity index (χ4v) is 4.20. The molecule has 1 aromatic heterocycles. The topological polar surface area (TPSA) is 37.6 Å². The van der Waals surface area contributed by atoms with Crippen molar-refractivity contribution in [1.82, 2.24) is 4.98 Å². The van der Waals surface area contributed by atoms with E-state index in [0.717, 1.165) is 22.6 Å². The van der Waals surface area contributed by atoms with Gasteiger partial charge in [0, 0.05) is 23.7 Å². The van der Waals surface area contributed by atoms with Gasteiger partial charge in [-0.15, -0.1) is 18.1 Å². The molecule has 38 heavy (non-hydrogen) atoms. The van der Waals surface area contributed by atoms with E-state index in [1.807, 2.05) is 19.2 Å². The molecule has 3 rings (SSSR count). The van der Waals surface area contributed by atoms with Crippen LogP contribution >= 0.6 is 0 Å². The molecule has 0 aliphatic rings. The van der Waals surface area contributed by atoms with Crippen LogP contribution in [0.5, 0.6) is 0 Å². The Morgan fingerprint density at radius 2 is 1.11 bits per heavy atom. The summed E-state index contributed by atoms with van der Waals surface area (Å²) in [6.07, 6.45) is 6.56. The molecule has 206 valence electrons. The average Bonchev–Trinajstić information content (AvgIpc) is 2.84. The van der Waals surface area contributed by atoms with E-state index in [1.54, 1.807) is 6.20 Å². The van der Waals surface area contributed by atoms with Gasteiger partial charge in [-0.05, 0) is 47.8 Å². The summed E-state index contributed by atoms with van der Waals surface area (Å²) in [5, 5.41) is 0. The second-order valence-electron chi connectivity index (χ2n) is 10.5. The van der Waals surface area contributed by atoms with Crippen molar-refractivity contribution in [3.8, 4) is 0 Å². The van der Waals surface area contributed by atoms with Crippen LogP contribution in [0.3, 0.4) is 0 Å². The summed E-state index contributed by atoms with van der Waals surface area (Å²) < 4.78 is 0. The molecule has 0 aliphatic heterocycles. The van der Waals surface area contributed by atoms with E-state index in [4.69, 9.17) is 4.99 Å². The van der Waals surface area contributed by atoms with Gasteiger partial charge < -0.3 is 17.4 Å². The van der Waals surface area contributed by atoms with Crippen molar-refractivity contribution in [3.05, 3.63) is 88.7 Å². The van der Waals surface area contributed by atoms with Gasteiger partial charge in [0.25, 0.3) is 0 Å². The van der Waals surface area contributed by atoms with Gasteiger partial charge in [0.15, 0.2) is 0 Å². The Morgan fingerprint density at radius 3 is 1.45 bits per heavy atom. The summed E-state index contributed by atoms with van der Waals surface area (Å²) >= 11 is 0.